The normalized spacial score (nSPS) is 23.5. The molecule has 4 unspecified atom stereocenters. The number of nitrogens with zero attached hydrogens (tertiary/aromatic N) is 3. The highest BCUT2D eigenvalue weighted by atomic mass is 16.8. The van der Waals surface area contributed by atoms with E-state index in [-0.39, 0.29) is 12.7 Å². The first-order valence-corrected chi connectivity index (χ1v) is 23.7. The Morgan fingerprint density at radius 3 is 1.79 bits per heavy atom. The molecule has 2 aliphatic rings. The molecule has 0 spiro atoms. The van der Waals surface area contributed by atoms with Gasteiger partial charge in [0.15, 0.2) is 12.6 Å². The molecule has 2 heterocycles. The number of unbranched alkanes of at least 4 members (excludes halogenated alkanes) is 15. The maximum absolute atomic E-state index is 9.91. The molecule has 0 aromatic heterocycles. The van der Waals surface area contributed by atoms with Crippen LogP contribution >= 0.6 is 0 Å². The quantitative estimate of drug-likeness (QED) is 0.0284. The second-order valence-corrected chi connectivity index (χ2v) is 16.3. The Labute approximate surface area is 352 Å². The summed E-state index contributed by atoms with van der Waals surface area (Å²) in [6, 6.07) is 9.34. The van der Waals surface area contributed by atoms with Crippen molar-refractivity contribution >= 4 is 0 Å². The molecule has 0 radical (unpaired) electrons. The van der Waals surface area contributed by atoms with Gasteiger partial charge in [0.25, 0.3) is 0 Å². The van der Waals surface area contributed by atoms with E-state index in [1.807, 2.05) is 30.3 Å². The summed E-state index contributed by atoms with van der Waals surface area (Å²) in [6.07, 6.45) is 20.1. The molecule has 1 aromatic rings. The Morgan fingerprint density at radius 2 is 1.19 bits per heavy atom. The van der Waals surface area contributed by atoms with E-state index >= 15 is 0 Å². The van der Waals surface area contributed by atoms with E-state index < -0.39 is 49.1 Å². The van der Waals surface area contributed by atoms with Gasteiger partial charge in [-0.15, -0.1) is 0 Å². The van der Waals surface area contributed by atoms with Crippen molar-refractivity contribution < 1.29 is 37.9 Å². The molecule has 0 amide bonds. The Bertz CT molecular complexity index is 1160. The van der Waals surface area contributed by atoms with Crippen LogP contribution in [0, 0.1) is 0 Å². The minimum absolute atomic E-state index is 0.0820. The smallest absolute Gasteiger partial charge is 0.186 e. The van der Waals surface area contributed by atoms with Gasteiger partial charge in [-0.25, -0.2) is 0 Å². The molecule has 0 aliphatic carbocycles. The van der Waals surface area contributed by atoms with Crippen molar-refractivity contribution in [1.82, 2.24) is 0 Å². The number of benzene rings is 1. The first-order valence-electron chi connectivity index (χ1n) is 23.7. The largest absolute Gasteiger partial charge is 0.376 e. The molecule has 0 bridgehead atoms. The van der Waals surface area contributed by atoms with Gasteiger partial charge in [0.05, 0.1) is 31.5 Å². The summed E-state index contributed by atoms with van der Waals surface area (Å²) in [5.74, 6) is 0. The molecule has 0 N–H and O–H groups in total. The lowest BCUT2D eigenvalue weighted by Gasteiger charge is -2.49. The van der Waals surface area contributed by atoms with Crippen molar-refractivity contribution in [2.24, 2.45) is 5.11 Å². The van der Waals surface area contributed by atoms with Crippen LogP contribution in [-0.2, 0) is 37.9 Å². The van der Waals surface area contributed by atoms with E-state index in [4.69, 9.17) is 37.9 Å². The zero-order valence-electron chi connectivity index (χ0n) is 37.3. The molecular weight excluding hydrogens is 735 g/mol. The van der Waals surface area contributed by atoms with Gasteiger partial charge < -0.3 is 37.9 Å². The van der Waals surface area contributed by atoms with Gasteiger partial charge >= 0.3 is 0 Å². The molecule has 11 heteroatoms. The molecular formula is C47H83N3O8. The van der Waals surface area contributed by atoms with Crippen LogP contribution in [0.15, 0.2) is 35.4 Å². The molecule has 1 aromatic carbocycles. The van der Waals surface area contributed by atoms with Gasteiger partial charge in [0.1, 0.15) is 24.4 Å². The van der Waals surface area contributed by atoms with Crippen molar-refractivity contribution in [1.29, 1.82) is 0 Å². The first-order chi connectivity index (χ1) is 28.6. The van der Waals surface area contributed by atoms with E-state index in [9.17, 15) is 5.53 Å². The summed E-state index contributed by atoms with van der Waals surface area (Å²) in [5.41, 5.74) is 10.9. The van der Waals surface area contributed by atoms with E-state index in [1.165, 1.54) is 64.2 Å². The summed E-state index contributed by atoms with van der Waals surface area (Å²) in [4.78, 5) is 3.31. The van der Waals surface area contributed by atoms with E-state index in [0.717, 1.165) is 76.2 Å². The molecule has 3 rings (SSSR count). The topological polar surface area (TPSA) is 123 Å². The Kier molecular flexibility index (Phi) is 28.7. The van der Waals surface area contributed by atoms with Gasteiger partial charge in [-0.1, -0.05) is 173 Å². The first kappa shape index (κ1) is 50.6. The maximum Gasteiger partial charge on any atom is 0.186 e. The van der Waals surface area contributed by atoms with Crippen molar-refractivity contribution in [3.05, 3.63) is 46.3 Å². The van der Waals surface area contributed by atoms with Crippen LogP contribution in [0.5, 0.6) is 0 Å². The number of azide groups is 1. The lowest BCUT2D eigenvalue weighted by Crippen LogP contribution is -2.64. The molecule has 0 saturated carbocycles. The summed E-state index contributed by atoms with van der Waals surface area (Å²) >= 11 is 0. The zero-order chi connectivity index (χ0) is 41.5. The number of fused-ring (bicyclic) bond motifs is 1. The molecule has 2 aliphatic heterocycles. The van der Waals surface area contributed by atoms with Gasteiger partial charge in [0.2, 0.25) is 0 Å². The maximum atomic E-state index is 9.91. The zero-order valence-corrected chi connectivity index (χ0v) is 37.3. The molecule has 11 nitrogen and oxygen atoms in total. The monoisotopic (exact) mass is 818 g/mol. The number of hydrogen-bond acceptors (Lipinski definition) is 9. The lowest BCUT2D eigenvalue weighted by atomic mass is 9.96. The Hall–Kier alpha value is -1.79. The third-order valence-electron chi connectivity index (χ3n) is 11.3. The second kappa shape index (κ2) is 32.9. The molecule has 334 valence electrons. The van der Waals surface area contributed by atoms with Crippen LogP contribution in [-0.4, -0.2) is 88.6 Å². The number of hydrogen-bond donors (Lipinski definition) is 0. The third kappa shape index (κ3) is 19.3. The minimum atomic E-state index is -0.798. The van der Waals surface area contributed by atoms with Gasteiger partial charge in [0, 0.05) is 36.9 Å². The van der Waals surface area contributed by atoms with Crippen LogP contribution in [0.1, 0.15) is 181 Å². The van der Waals surface area contributed by atoms with E-state index in [2.05, 4.69) is 44.6 Å². The number of rotatable bonds is 36. The summed E-state index contributed by atoms with van der Waals surface area (Å²) in [5, 5.41) is 4.33. The highest BCUT2D eigenvalue weighted by molar-refractivity contribution is 5.16. The van der Waals surface area contributed by atoms with Crippen LogP contribution in [0.3, 0.4) is 0 Å². The van der Waals surface area contributed by atoms with E-state index in [1.54, 1.807) is 0 Å². The number of ether oxygens (including phenoxy) is 8. The second-order valence-electron chi connectivity index (χ2n) is 16.3. The third-order valence-corrected chi connectivity index (χ3v) is 11.3. The average Bonchev–Trinajstić information content (AvgIpc) is 3.24. The van der Waals surface area contributed by atoms with Crippen molar-refractivity contribution in [2.45, 2.75) is 225 Å². The highest BCUT2D eigenvalue weighted by Crippen LogP contribution is 2.37. The average molecular weight is 818 g/mol. The minimum Gasteiger partial charge on any atom is -0.376 e. The fourth-order valence-corrected chi connectivity index (χ4v) is 7.75. The van der Waals surface area contributed by atoms with Crippen LogP contribution in [0.25, 0.3) is 10.4 Å². The van der Waals surface area contributed by atoms with Crippen LogP contribution in [0.2, 0.25) is 0 Å². The highest BCUT2D eigenvalue weighted by Gasteiger charge is 2.52. The molecule has 2 fully saturated rings. The van der Waals surface area contributed by atoms with Gasteiger partial charge in [-0.2, -0.15) is 0 Å². The lowest BCUT2D eigenvalue weighted by molar-refractivity contribution is -0.371. The predicted molar refractivity (Wildman–Crippen MR) is 232 cm³/mol. The molecule has 58 heavy (non-hydrogen) atoms. The van der Waals surface area contributed by atoms with Gasteiger partial charge in [-0.05, 0) is 37.6 Å². The summed E-state index contributed by atoms with van der Waals surface area (Å²) in [7, 11) is 0. The van der Waals surface area contributed by atoms with Crippen molar-refractivity contribution in [3.8, 4) is 0 Å². The summed E-state index contributed by atoms with van der Waals surface area (Å²) in [6.45, 7) is 13.6. The van der Waals surface area contributed by atoms with Crippen LogP contribution in [0.4, 0.5) is 0 Å². The Morgan fingerprint density at radius 1 is 0.638 bits per heavy atom. The predicted octanol–water partition coefficient (Wildman–Crippen LogP) is 12.4. The molecule has 9 atom stereocenters. The van der Waals surface area contributed by atoms with Crippen molar-refractivity contribution in [2.75, 3.05) is 39.6 Å². The van der Waals surface area contributed by atoms with Gasteiger partial charge in [-0.3, -0.25) is 0 Å². The van der Waals surface area contributed by atoms with E-state index in [0.29, 0.717) is 33.0 Å². The van der Waals surface area contributed by atoms with Crippen LogP contribution < -0.4 is 0 Å². The fourth-order valence-electron chi connectivity index (χ4n) is 7.75. The van der Waals surface area contributed by atoms with Crippen molar-refractivity contribution in [3.63, 3.8) is 0 Å². The Balaban J connectivity index is 1.74. The molecule has 2 saturated heterocycles. The standard InChI is InChI=1S/C47H83N3O8/c1-6-11-16-17-18-19-20-21-22-23-24-28-31-40(51-32-12-7-2)42(52-33-13-8-3)39(49-50-48)36-55-47-45(54-35-15-10-5)44(53-34-14-9-4)43-41(57-47)37-56-46(58-43)38-29-26-25-27-30-38/h25-27,29-30,39-47H,6-24,28,31-37H2,1-5H3/t39-,40+,41?,42-,43-,44?,45?,46?,47-/m0/s1. The fraction of sp³-hybridized carbons (Fsp3) is 0.872. The summed E-state index contributed by atoms with van der Waals surface area (Å²) < 4.78 is 52.6. The SMILES string of the molecule is CCCCCCCCCCCCCC[C@@H](OCCCC)[C@@H](OCCCC)[C@H](CO[C@H]1OC2COC(c3ccccc3)O[C@@H]2C(OCCCC)C1OCCCC)N=[N+]=[N-].